The number of nitrogens with one attached hydrogen (secondary N) is 1. The standard InChI is InChI=1S/C51H84N2O8.2HI/c1-6-8-10-12-14-16-18-20-22-24-26-28-30-34-45(54)58-37-39-60-50(56)47-42(3)52-43(4)48(49(47)44-33-32-36-53(5)41-44)51(57)61-40-38-59-46(55)35-31-29-27-25-23-21-19-17-15-13-11-9-7-2;;/h32-33,36,41,49H,6-31,34-35,37-40H2,1-5H3;2*1H. The molecule has 0 amide bonds. The van der Waals surface area contributed by atoms with Crippen LogP contribution in [0, 0.1) is 0 Å². The van der Waals surface area contributed by atoms with Gasteiger partial charge in [-0.2, -0.15) is 0 Å². The summed E-state index contributed by atoms with van der Waals surface area (Å²) < 4.78 is 23.9. The van der Waals surface area contributed by atoms with E-state index in [2.05, 4.69) is 19.2 Å². The van der Waals surface area contributed by atoms with E-state index in [0.717, 1.165) is 38.5 Å². The zero-order valence-electron chi connectivity index (χ0n) is 40.0. The lowest BCUT2D eigenvalue weighted by Gasteiger charge is -2.29. The van der Waals surface area contributed by atoms with E-state index < -0.39 is 17.9 Å². The van der Waals surface area contributed by atoms with Gasteiger partial charge in [0.05, 0.1) is 17.1 Å². The van der Waals surface area contributed by atoms with Crippen LogP contribution in [0.1, 0.15) is 219 Å². The quantitative estimate of drug-likeness (QED) is 0.0229. The lowest BCUT2D eigenvalue weighted by atomic mass is 9.81. The van der Waals surface area contributed by atoms with Crippen molar-refractivity contribution in [1.29, 1.82) is 0 Å². The summed E-state index contributed by atoms with van der Waals surface area (Å²) in [7, 11) is 1.87. The number of unbranched alkanes of at least 4 members (excludes halogenated alkanes) is 24. The van der Waals surface area contributed by atoms with Gasteiger partial charge in [0.25, 0.3) is 0 Å². The van der Waals surface area contributed by atoms with Gasteiger partial charge in [0.15, 0.2) is 12.4 Å². The molecule has 1 aromatic heterocycles. The molecule has 0 unspecified atom stereocenters. The number of aromatic nitrogens is 1. The number of halogens is 2. The van der Waals surface area contributed by atoms with Crippen LogP contribution in [0.4, 0.5) is 0 Å². The van der Waals surface area contributed by atoms with Crippen LogP contribution in [0.5, 0.6) is 0 Å². The maximum atomic E-state index is 13.7. The van der Waals surface area contributed by atoms with Crippen LogP contribution in [-0.2, 0) is 45.2 Å². The van der Waals surface area contributed by atoms with Gasteiger partial charge in [0.1, 0.15) is 33.5 Å². The molecule has 63 heavy (non-hydrogen) atoms. The zero-order valence-corrected chi connectivity index (χ0v) is 44.5. The summed E-state index contributed by atoms with van der Waals surface area (Å²) in [6.45, 7) is 7.73. The first-order chi connectivity index (χ1) is 29.7. The van der Waals surface area contributed by atoms with Gasteiger partial charge in [0, 0.05) is 35.9 Å². The smallest absolute Gasteiger partial charge is 0.336 e. The van der Waals surface area contributed by atoms with Crippen molar-refractivity contribution in [2.75, 3.05) is 26.4 Å². The molecule has 0 aliphatic carbocycles. The maximum Gasteiger partial charge on any atom is 0.336 e. The van der Waals surface area contributed by atoms with Gasteiger partial charge in [-0.1, -0.05) is 168 Å². The Morgan fingerprint density at radius 3 is 1.17 bits per heavy atom. The molecule has 1 aromatic rings. The molecule has 10 nitrogen and oxygen atoms in total. The third-order valence-corrected chi connectivity index (χ3v) is 11.6. The molecule has 2 rings (SSSR count). The van der Waals surface area contributed by atoms with E-state index in [-0.39, 0.29) is 97.5 Å². The molecule has 0 saturated heterocycles. The van der Waals surface area contributed by atoms with Gasteiger partial charge in [-0.25, -0.2) is 14.2 Å². The van der Waals surface area contributed by atoms with Crippen LogP contribution >= 0.6 is 24.0 Å². The number of hydrogen-bond acceptors (Lipinski definition) is 9. The number of pyridine rings is 1. The number of hydrogen-bond donors (Lipinski definition) is 1. The number of aryl methyl sites for hydroxylation is 1. The van der Waals surface area contributed by atoms with Crippen molar-refractivity contribution in [2.45, 2.75) is 213 Å². The lowest BCUT2D eigenvalue weighted by Crippen LogP contribution is -3.00. The monoisotopic (exact) mass is 1110 g/mol. The molecule has 0 atom stereocenters. The minimum atomic E-state index is -0.773. The fourth-order valence-corrected chi connectivity index (χ4v) is 8.10. The minimum Gasteiger partial charge on any atom is -1.00 e. The summed E-state index contributed by atoms with van der Waals surface area (Å²) in [5, 5.41) is 3.17. The van der Waals surface area contributed by atoms with E-state index in [1.54, 1.807) is 13.8 Å². The van der Waals surface area contributed by atoms with Crippen LogP contribution in [0.15, 0.2) is 47.1 Å². The number of carbonyl (C=O) groups is 4. The lowest BCUT2D eigenvalue weighted by molar-refractivity contribution is -0.671. The first-order valence-electron chi connectivity index (χ1n) is 24.5. The van der Waals surface area contributed by atoms with Crippen molar-refractivity contribution < 1.29 is 66.7 Å². The van der Waals surface area contributed by atoms with E-state index >= 15 is 0 Å². The molecule has 0 saturated carbocycles. The largest absolute Gasteiger partial charge is 1.00 e. The van der Waals surface area contributed by atoms with Gasteiger partial charge in [-0.3, -0.25) is 9.59 Å². The van der Waals surface area contributed by atoms with Crippen molar-refractivity contribution in [3.05, 3.63) is 52.6 Å². The minimum absolute atomic E-state index is 0. The molecular weight excluding hydrogens is 1020 g/mol. The van der Waals surface area contributed by atoms with Crippen molar-refractivity contribution in [3.63, 3.8) is 0 Å². The Morgan fingerprint density at radius 1 is 0.524 bits per heavy atom. The first kappa shape index (κ1) is 60.8. The second kappa shape index (κ2) is 40.1. The predicted molar refractivity (Wildman–Crippen MR) is 259 cm³/mol. The van der Waals surface area contributed by atoms with Crippen molar-refractivity contribution in [2.24, 2.45) is 7.05 Å². The van der Waals surface area contributed by atoms with Gasteiger partial charge >= 0.3 is 23.9 Å². The van der Waals surface area contributed by atoms with E-state index in [4.69, 9.17) is 18.9 Å². The SMILES string of the molecule is CCCCCCCCCCCCCCCC(=O)OCCOC(=O)C1=C(C)NC(C)=C(C(=O)OCCOC(=O)CCCCCCCCCCCCCCC)C1c1ccc[n+](C)c1.I.[I-]. The van der Waals surface area contributed by atoms with Crippen LogP contribution in [0.3, 0.4) is 0 Å². The highest BCUT2D eigenvalue weighted by Gasteiger charge is 2.39. The summed E-state index contributed by atoms with van der Waals surface area (Å²) in [5.74, 6) is -2.59. The maximum absolute atomic E-state index is 13.7. The number of dihydropyridines is 1. The Morgan fingerprint density at radius 2 is 0.841 bits per heavy atom. The number of carbonyl (C=O) groups excluding carboxylic acids is 4. The Balaban J connectivity index is 0.0000192. The Hall–Kier alpha value is -2.23. The third-order valence-electron chi connectivity index (χ3n) is 11.6. The molecule has 2 heterocycles. The van der Waals surface area contributed by atoms with E-state index in [9.17, 15) is 19.2 Å². The highest BCUT2D eigenvalue weighted by molar-refractivity contribution is 14.0. The second-order valence-electron chi connectivity index (χ2n) is 17.1. The van der Waals surface area contributed by atoms with Gasteiger partial charge in [-0.05, 0) is 32.8 Å². The Bertz CT molecular complexity index is 1380. The molecule has 0 radical (unpaired) electrons. The molecular formula is C51H86I2N2O8. The van der Waals surface area contributed by atoms with Crippen LogP contribution in [0.2, 0.25) is 0 Å². The fraction of sp³-hybridized carbons (Fsp3) is 0.745. The van der Waals surface area contributed by atoms with E-state index in [1.165, 1.54) is 128 Å². The molecule has 1 N–H and O–H groups in total. The molecule has 0 fully saturated rings. The number of nitrogens with zero attached hydrogens (tertiary/aromatic N) is 1. The Kier molecular flexibility index (Phi) is 38.7. The van der Waals surface area contributed by atoms with Gasteiger partial charge < -0.3 is 48.2 Å². The first-order valence-corrected chi connectivity index (χ1v) is 24.5. The summed E-state index contributed by atoms with van der Waals surface area (Å²) in [4.78, 5) is 52.1. The van der Waals surface area contributed by atoms with E-state index in [0.29, 0.717) is 29.8 Å². The molecule has 362 valence electrons. The normalized spacial score (nSPS) is 12.6. The zero-order chi connectivity index (χ0) is 44.3. The molecule has 0 bridgehead atoms. The highest BCUT2D eigenvalue weighted by atomic mass is 127. The molecule has 0 aromatic carbocycles. The summed E-state index contributed by atoms with van der Waals surface area (Å²) in [6.07, 6.45) is 36.6. The van der Waals surface area contributed by atoms with Crippen molar-refractivity contribution in [3.8, 4) is 0 Å². The number of esters is 4. The second-order valence-corrected chi connectivity index (χ2v) is 17.1. The summed E-state index contributed by atoms with van der Waals surface area (Å²) >= 11 is 0. The highest BCUT2D eigenvalue weighted by Crippen LogP contribution is 2.39. The molecule has 12 heteroatoms. The fourth-order valence-electron chi connectivity index (χ4n) is 8.10. The Labute approximate surface area is 416 Å². The third kappa shape index (κ3) is 28.4. The van der Waals surface area contributed by atoms with Crippen molar-refractivity contribution >= 4 is 47.9 Å². The van der Waals surface area contributed by atoms with Crippen LogP contribution in [0.25, 0.3) is 0 Å². The average molecular weight is 1110 g/mol. The van der Waals surface area contributed by atoms with Crippen LogP contribution < -0.4 is 33.9 Å². The number of ether oxygens (including phenoxy) is 4. The predicted octanol–water partition coefficient (Wildman–Crippen LogP) is 9.50. The van der Waals surface area contributed by atoms with Crippen molar-refractivity contribution in [1.82, 2.24) is 5.32 Å². The van der Waals surface area contributed by atoms with E-state index in [1.807, 2.05) is 36.1 Å². The number of allylic oxidation sites excluding steroid dienone is 2. The summed E-state index contributed by atoms with van der Waals surface area (Å²) in [6, 6.07) is 3.70. The van der Waals surface area contributed by atoms with Gasteiger partial charge in [-0.15, -0.1) is 24.0 Å². The van der Waals surface area contributed by atoms with Crippen LogP contribution in [-0.4, -0.2) is 50.3 Å². The van der Waals surface area contributed by atoms with Gasteiger partial charge in [0.2, 0.25) is 0 Å². The molecule has 1 aliphatic heterocycles. The summed E-state index contributed by atoms with van der Waals surface area (Å²) in [5.41, 5.74) is 2.35. The topological polar surface area (TPSA) is 121 Å². The molecule has 1 aliphatic rings. The number of rotatable bonds is 37. The molecule has 0 spiro atoms. The average Bonchev–Trinajstić information content (AvgIpc) is 3.24.